The van der Waals surface area contributed by atoms with Crippen molar-refractivity contribution in [2.24, 2.45) is 0 Å². The van der Waals surface area contributed by atoms with E-state index in [0.29, 0.717) is 17.9 Å². The molecular weight excluding hydrogens is 364 g/mol. The molecule has 2 N–H and O–H groups in total. The van der Waals surface area contributed by atoms with Crippen molar-refractivity contribution in [3.05, 3.63) is 63.3 Å². The van der Waals surface area contributed by atoms with E-state index in [-0.39, 0.29) is 16.5 Å². The van der Waals surface area contributed by atoms with E-state index in [1.54, 1.807) is 0 Å². The van der Waals surface area contributed by atoms with Gasteiger partial charge in [0.2, 0.25) is 0 Å². The number of nitrogens with zero attached hydrogens (tertiary/aromatic N) is 2. The second-order valence-electron chi connectivity index (χ2n) is 7.14. The second kappa shape index (κ2) is 6.91. The summed E-state index contributed by atoms with van der Waals surface area (Å²) in [5, 5.41) is 24.2. The van der Waals surface area contributed by atoms with E-state index in [1.807, 2.05) is 0 Å². The molecule has 27 heavy (non-hydrogen) atoms. The molecule has 1 aromatic heterocycles. The molecule has 2 aromatic carbocycles. The number of aromatic nitrogens is 1. The van der Waals surface area contributed by atoms with Gasteiger partial charge in [-0.1, -0.05) is 35.0 Å². The zero-order valence-electron chi connectivity index (χ0n) is 15.3. The Kier molecular flexibility index (Phi) is 4.58. The molecule has 0 saturated carbocycles. The molecule has 6 heteroatoms. The Bertz CT molecular complexity index is 1010. The minimum Gasteiger partial charge on any atom is -0.507 e. The Morgan fingerprint density at radius 3 is 2.70 bits per heavy atom. The molecule has 0 spiro atoms. The lowest BCUT2D eigenvalue weighted by atomic mass is 10.00. The van der Waals surface area contributed by atoms with E-state index in [0.717, 1.165) is 30.8 Å². The van der Waals surface area contributed by atoms with Crippen LogP contribution in [0.25, 0.3) is 11.3 Å². The number of benzene rings is 2. The highest BCUT2D eigenvalue weighted by Gasteiger charge is 2.26. The van der Waals surface area contributed by atoms with Crippen LogP contribution in [0.3, 0.4) is 0 Å². The molecule has 0 fully saturated rings. The first-order valence-corrected chi connectivity index (χ1v) is 9.28. The molecule has 0 bridgehead atoms. The lowest BCUT2D eigenvalue weighted by molar-refractivity contribution is 0.245. The molecule has 5 nitrogen and oxygen atoms in total. The predicted octanol–water partition coefficient (Wildman–Crippen LogP) is 4.58. The van der Waals surface area contributed by atoms with E-state index in [1.165, 1.54) is 28.8 Å². The zero-order valence-corrected chi connectivity index (χ0v) is 16.0. The smallest absolute Gasteiger partial charge is 0.175 e. The van der Waals surface area contributed by atoms with Crippen LogP contribution >= 0.6 is 11.6 Å². The molecule has 0 unspecified atom stereocenters. The second-order valence-corrected chi connectivity index (χ2v) is 7.54. The van der Waals surface area contributed by atoms with Crippen LogP contribution in [-0.4, -0.2) is 26.8 Å². The number of fused-ring (bicyclic) bond motifs is 1. The number of rotatable bonds is 3. The Morgan fingerprint density at radius 2 is 1.93 bits per heavy atom. The van der Waals surface area contributed by atoms with E-state index in [9.17, 15) is 10.2 Å². The van der Waals surface area contributed by atoms with Crippen LogP contribution in [0.5, 0.6) is 11.5 Å². The monoisotopic (exact) mass is 384 g/mol. The van der Waals surface area contributed by atoms with Crippen molar-refractivity contribution in [2.45, 2.75) is 33.4 Å². The molecule has 2 heterocycles. The van der Waals surface area contributed by atoms with Gasteiger partial charge >= 0.3 is 0 Å². The van der Waals surface area contributed by atoms with E-state index >= 15 is 0 Å². The van der Waals surface area contributed by atoms with Crippen molar-refractivity contribution < 1.29 is 14.7 Å². The fourth-order valence-corrected chi connectivity index (χ4v) is 3.67. The number of halogens is 1. The number of phenolic OH excluding ortho intramolecular Hbond substituents is 2. The molecular formula is C21H21ClN2O3. The maximum atomic E-state index is 10.2. The molecule has 4 rings (SSSR count). The van der Waals surface area contributed by atoms with Gasteiger partial charge in [-0.25, -0.2) is 0 Å². The van der Waals surface area contributed by atoms with E-state index in [2.05, 4.69) is 42.1 Å². The molecule has 3 aromatic rings. The average Bonchev–Trinajstić information content (AvgIpc) is 3.04. The normalized spacial score (nSPS) is 14.3. The highest BCUT2D eigenvalue weighted by atomic mass is 35.5. The third-order valence-corrected chi connectivity index (χ3v) is 5.51. The van der Waals surface area contributed by atoms with Crippen LogP contribution in [-0.2, 0) is 19.5 Å². The van der Waals surface area contributed by atoms with Gasteiger partial charge in [-0.15, -0.1) is 0 Å². The summed E-state index contributed by atoms with van der Waals surface area (Å²) in [5.74, 6) is 0.263. The topological polar surface area (TPSA) is 69.7 Å². The quantitative estimate of drug-likeness (QED) is 0.691. The van der Waals surface area contributed by atoms with Crippen molar-refractivity contribution in [2.75, 3.05) is 6.54 Å². The first-order valence-electron chi connectivity index (χ1n) is 8.90. The molecule has 0 saturated heterocycles. The highest BCUT2D eigenvalue weighted by molar-refractivity contribution is 6.32. The number of hydrogen-bond acceptors (Lipinski definition) is 5. The largest absolute Gasteiger partial charge is 0.507 e. The van der Waals surface area contributed by atoms with Gasteiger partial charge in [-0.3, -0.25) is 4.90 Å². The zero-order chi connectivity index (χ0) is 19.1. The molecule has 0 amide bonds. The average molecular weight is 385 g/mol. The first-order chi connectivity index (χ1) is 12.9. The maximum absolute atomic E-state index is 10.2. The fraction of sp³-hybridized carbons (Fsp3) is 0.286. The molecule has 0 aliphatic carbocycles. The number of phenols is 2. The lowest BCUT2D eigenvalue weighted by Gasteiger charge is -2.26. The minimum atomic E-state index is -0.164. The highest BCUT2D eigenvalue weighted by Crippen LogP contribution is 2.40. The van der Waals surface area contributed by atoms with Gasteiger partial charge in [0, 0.05) is 37.7 Å². The summed E-state index contributed by atoms with van der Waals surface area (Å²) in [6, 6.07) is 9.28. The van der Waals surface area contributed by atoms with Gasteiger partial charge in [0.25, 0.3) is 0 Å². The van der Waals surface area contributed by atoms with Gasteiger partial charge < -0.3 is 14.7 Å². The summed E-state index contributed by atoms with van der Waals surface area (Å²) in [5.41, 5.74) is 6.17. The van der Waals surface area contributed by atoms with Crippen molar-refractivity contribution in [3.63, 3.8) is 0 Å². The maximum Gasteiger partial charge on any atom is 0.175 e. The molecule has 0 radical (unpaired) electrons. The molecule has 1 aliphatic rings. The van der Waals surface area contributed by atoms with E-state index in [4.69, 9.17) is 16.1 Å². The Hall–Kier alpha value is -2.50. The molecule has 0 atom stereocenters. The van der Waals surface area contributed by atoms with Crippen LogP contribution in [0.2, 0.25) is 5.02 Å². The fourth-order valence-electron chi connectivity index (χ4n) is 3.51. The summed E-state index contributed by atoms with van der Waals surface area (Å²) >= 11 is 6.02. The third-order valence-electron chi connectivity index (χ3n) is 5.20. The summed E-state index contributed by atoms with van der Waals surface area (Å²) in [7, 11) is 0. The first kappa shape index (κ1) is 17.9. The van der Waals surface area contributed by atoms with Crippen LogP contribution in [0.15, 0.2) is 34.9 Å². The number of hydrogen-bond donors (Lipinski definition) is 2. The summed E-state index contributed by atoms with van der Waals surface area (Å²) in [4.78, 5) is 2.34. The van der Waals surface area contributed by atoms with Gasteiger partial charge in [-0.2, -0.15) is 0 Å². The predicted molar refractivity (Wildman–Crippen MR) is 104 cm³/mol. The van der Waals surface area contributed by atoms with Crippen molar-refractivity contribution >= 4 is 11.6 Å². The van der Waals surface area contributed by atoms with Crippen molar-refractivity contribution in [3.8, 4) is 22.8 Å². The Labute approximate surface area is 162 Å². The van der Waals surface area contributed by atoms with Gasteiger partial charge in [0.1, 0.15) is 11.5 Å². The van der Waals surface area contributed by atoms with Crippen LogP contribution in [0, 0.1) is 13.8 Å². The van der Waals surface area contributed by atoms with Crippen molar-refractivity contribution in [1.82, 2.24) is 10.1 Å². The Morgan fingerprint density at radius 1 is 1.11 bits per heavy atom. The van der Waals surface area contributed by atoms with Gasteiger partial charge in [-0.05, 0) is 36.6 Å². The van der Waals surface area contributed by atoms with Gasteiger partial charge in [0.15, 0.2) is 5.76 Å². The van der Waals surface area contributed by atoms with Crippen molar-refractivity contribution in [1.29, 1.82) is 0 Å². The summed E-state index contributed by atoms with van der Waals surface area (Å²) < 4.78 is 5.54. The molecule has 140 valence electrons. The third kappa shape index (κ3) is 3.40. The van der Waals surface area contributed by atoms with Crippen LogP contribution < -0.4 is 0 Å². The number of aryl methyl sites for hydroxylation is 2. The van der Waals surface area contributed by atoms with Crippen LogP contribution in [0.1, 0.15) is 27.9 Å². The van der Waals surface area contributed by atoms with Gasteiger partial charge in [0.05, 0.1) is 16.3 Å². The molecule has 1 aliphatic heterocycles. The number of aromatic hydroxyl groups is 2. The Balaban J connectivity index is 1.62. The standard InChI is InChI=1S/C21H21ClN2O3/c1-12-3-4-14(7-13(12)2)10-24-6-5-18-16(11-24)21(27-23-18)15-8-17(22)20(26)9-19(15)25/h3-4,7-9,25-26H,5-6,10-11H2,1-2H3. The van der Waals surface area contributed by atoms with E-state index < -0.39 is 0 Å². The minimum absolute atomic E-state index is 0.0814. The SMILES string of the molecule is Cc1ccc(CN2CCc3noc(-c4cc(Cl)c(O)cc4O)c3C2)cc1C. The summed E-state index contributed by atoms with van der Waals surface area (Å²) in [6.45, 7) is 6.66. The van der Waals surface area contributed by atoms with Crippen LogP contribution in [0.4, 0.5) is 0 Å². The summed E-state index contributed by atoms with van der Waals surface area (Å²) in [6.07, 6.45) is 0.788. The lowest BCUT2D eigenvalue weighted by Crippen LogP contribution is -2.30.